The number of nitrogens with one attached hydrogen (secondary N) is 1. The predicted octanol–water partition coefficient (Wildman–Crippen LogP) is 1.34. The number of imide groups is 1. The molecule has 6 rings (SSSR count). The van der Waals surface area contributed by atoms with Gasteiger partial charge < -0.3 is 9.73 Å². The summed E-state index contributed by atoms with van der Waals surface area (Å²) in [6, 6.07) is 2.72. The van der Waals surface area contributed by atoms with Crippen LogP contribution in [-0.2, 0) is 20.9 Å². The lowest BCUT2D eigenvalue weighted by atomic mass is 9.63. The number of allylic oxidation sites excluding steroid dienone is 2. The maximum absolute atomic E-state index is 13.0. The normalized spacial score (nSPS) is 38.5. The quantitative estimate of drug-likeness (QED) is 0.663. The van der Waals surface area contributed by atoms with Crippen molar-refractivity contribution in [3.8, 4) is 0 Å². The maximum atomic E-state index is 13.0. The van der Waals surface area contributed by atoms with Gasteiger partial charge in [-0.1, -0.05) is 12.2 Å². The summed E-state index contributed by atoms with van der Waals surface area (Å²) < 4.78 is 5.19. The summed E-state index contributed by atoms with van der Waals surface area (Å²) in [5.74, 6) is 0.948. The van der Waals surface area contributed by atoms with E-state index >= 15 is 0 Å². The van der Waals surface area contributed by atoms with Gasteiger partial charge in [-0.25, -0.2) is 0 Å². The minimum Gasteiger partial charge on any atom is -0.467 e. The number of nitrogens with zero attached hydrogens (tertiary/aromatic N) is 1. The van der Waals surface area contributed by atoms with Crippen LogP contribution in [0.3, 0.4) is 0 Å². The molecule has 7 atom stereocenters. The molecule has 1 aromatic heterocycles. The van der Waals surface area contributed by atoms with Gasteiger partial charge in [0.15, 0.2) is 0 Å². The number of amides is 3. The van der Waals surface area contributed by atoms with E-state index in [-0.39, 0.29) is 47.9 Å². The SMILES string of the molecule is C[C@H](C(=O)NCc1ccco1)N1C(=O)[C@@H]2[C@H]3C=C[C@@H]([C@@H]4C[C@@H]34)[C@H]2C1=O. The van der Waals surface area contributed by atoms with Gasteiger partial charge in [-0.3, -0.25) is 19.3 Å². The van der Waals surface area contributed by atoms with Crippen molar-refractivity contribution in [1.29, 1.82) is 0 Å². The second-order valence-corrected chi connectivity index (χ2v) is 7.67. The lowest BCUT2D eigenvalue weighted by Gasteiger charge is -2.37. The molecule has 3 amide bonds. The smallest absolute Gasteiger partial charge is 0.243 e. The van der Waals surface area contributed by atoms with Crippen molar-refractivity contribution >= 4 is 17.7 Å². The van der Waals surface area contributed by atoms with Crippen molar-refractivity contribution in [3.05, 3.63) is 36.3 Å². The Morgan fingerprint density at radius 1 is 1.24 bits per heavy atom. The van der Waals surface area contributed by atoms with Crippen LogP contribution in [0.4, 0.5) is 0 Å². The van der Waals surface area contributed by atoms with Gasteiger partial charge in [0.1, 0.15) is 11.8 Å². The molecule has 2 saturated carbocycles. The number of carbonyl (C=O) groups is 3. The summed E-state index contributed by atoms with van der Waals surface area (Å²) in [5, 5.41) is 2.75. The minimum absolute atomic E-state index is 0.166. The van der Waals surface area contributed by atoms with Crippen molar-refractivity contribution in [2.45, 2.75) is 25.9 Å². The van der Waals surface area contributed by atoms with E-state index in [9.17, 15) is 14.4 Å². The average Bonchev–Trinajstić information content (AvgIpc) is 3.21. The number of carbonyl (C=O) groups excluding carboxylic acids is 3. The Hall–Kier alpha value is -2.37. The lowest BCUT2D eigenvalue weighted by molar-refractivity contribution is -0.147. The van der Waals surface area contributed by atoms with Crippen LogP contribution in [0.1, 0.15) is 19.1 Å². The van der Waals surface area contributed by atoms with E-state index in [1.807, 2.05) is 0 Å². The molecule has 5 aliphatic rings. The Bertz CT molecular complexity index is 747. The highest BCUT2D eigenvalue weighted by atomic mass is 16.3. The molecule has 1 aliphatic heterocycles. The molecular weight excluding hydrogens is 320 g/mol. The van der Waals surface area contributed by atoms with Gasteiger partial charge in [0.2, 0.25) is 17.7 Å². The first-order valence-electron chi connectivity index (χ1n) is 8.93. The van der Waals surface area contributed by atoms with Crippen molar-refractivity contribution in [2.24, 2.45) is 35.5 Å². The van der Waals surface area contributed by atoms with Crippen LogP contribution in [0.5, 0.6) is 0 Å². The average molecular weight is 340 g/mol. The highest BCUT2D eigenvalue weighted by Crippen LogP contribution is 2.65. The highest BCUT2D eigenvalue weighted by Gasteiger charge is 2.67. The molecule has 4 aliphatic carbocycles. The molecule has 25 heavy (non-hydrogen) atoms. The Balaban J connectivity index is 1.33. The first-order chi connectivity index (χ1) is 12.1. The van der Waals surface area contributed by atoms with Gasteiger partial charge in [0.05, 0.1) is 24.6 Å². The van der Waals surface area contributed by atoms with Gasteiger partial charge in [-0.05, 0) is 49.1 Å². The highest BCUT2D eigenvalue weighted by molar-refractivity contribution is 6.09. The summed E-state index contributed by atoms with van der Waals surface area (Å²) in [5.41, 5.74) is 0. The van der Waals surface area contributed by atoms with Crippen molar-refractivity contribution in [1.82, 2.24) is 10.2 Å². The van der Waals surface area contributed by atoms with Gasteiger partial charge >= 0.3 is 0 Å². The molecule has 0 radical (unpaired) electrons. The first kappa shape index (κ1) is 14.9. The summed E-state index contributed by atoms with van der Waals surface area (Å²) in [7, 11) is 0. The minimum atomic E-state index is -0.795. The monoisotopic (exact) mass is 340 g/mol. The molecule has 130 valence electrons. The summed E-state index contributed by atoms with van der Waals surface area (Å²) in [6.45, 7) is 1.87. The third kappa shape index (κ3) is 2.00. The fourth-order valence-electron chi connectivity index (χ4n) is 5.21. The van der Waals surface area contributed by atoms with Crippen LogP contribution in [-0.4, -0.2) is 28.7 Å². The molecule has 1 aromatic rings. The Labute approximate surface area is 145 Å². The molecule has 2 heterocycles. The van der Waals surface area contributed by atoms with Gasteiger partial charge in [0, 0.05) is 0 Å². The zero-order chi connectivity index (χ0) is 17.3. The third-order valence-corrected chi connectivity index (χ3v) is 6.48. The second kappa shape index (κ2) is 5.07. The van der Waals surface area contributed by atoms with Crippen LogP contribution >= 0.6 is 0 Å². The van der Waals surface area contributed by atoms with E-state index in [1.54, 1.807) is 19.1 Å². The fraction of sp³-hybridized carbons (Fsp3) is 0.526. The first-order valence-corrected chi connectivity index (χ1v) is 8.93. The molecule has 6 heteroatoms. The largest absolute Gasteiger partial charge is 0.467 e. The summed E-state index contributed by atoms with van der Waals surface area (Å²) in [4.78, 5) is 39.6. The van der Waals surface area contributed by atoms with Crippen LogP contribution < -0.4 is 5.32 Å². The zero-order valence-electron chi connectivity index (χ0n) is 13.9. The van der Waals surface area contributed by atoms with E-state index in [2.05, 4.69) is 17.5 Å². The molecule has 0 unspecified atom stereocenters. The molecular formula is C19H20N2O4. The number of hydrogen-bond acceptors (Lipinski definition) is 4. The molecule has 6 nitrogen and oxygen atoms in total. The van der Waals surface area contributed by atoms with Gasteiger partial charge in [-0.15, -0.1) is 0 Å². The van der Waals surface area contributed by atoms with E-state index in [0.717, 1.165) is 6.42 Å². The van der Waals surface area contributed by atoms with Crippen LogP contribution in [0.15, 0.2) is 35.0 Å². The Morgan fingerprint density at radius 2 is 1.88 bits per heavy atom. The van der Waals surface area contributed by atoms with Crippen molar-refractivity contribution in [2.75, 3.05) is 0 Å². The maximum Gasteiger partial charge on any atom is 0.243 e. The second-order valence-electron chi connectivity index (χ2n) is 7.67. The Morgan fingerprint density at radius 3 is 2.44 bits per heavy atom. The van der Waals surface area contributed by atoms with E-state index in [4.69, 9.17) is 4.42 Å². The molecule has 2 bridgehead atoms. The Kier molecular flexibility index (Phi) is 3.03. The van der Waals surface area contributed by atoms with Crippen LogP contribution in [0.2, 0.25) is 0 Å². The predicted molar refractivity (Wildman–Crippen MR) is 86.6 cm³/mol. The van der Waals surface area contributed by atoms with E-state index in [0.29, 0.717) is 17.6 Å². The van der Waals surface area contributed by atoms with Gasteiger partial charge in [0.25, 0.3) is 0 Å². The topological polar surface area (TPSA) is 79.6 Å². The molecule has 1 N–H and O–H groups in total. The van der Waals surface area contributed by atoms with Crippen LogP contribution in [0.25, 0.3) is 0 Å². The summed E-state index contributed by atoms with van der Waals surface area (Å²) in [6.07, 6.45) is 6.94. The van der Waals surface area contributed by atoms with Crippen molar-refractivity contribution < 1.29 is 18.8 Å². The van der Waals surface area contributed by atoms with Crippen molar-refractivity contribution in [3.63, 3.8) is 0 Å². The number of furan rings is 1. The number of likely N-dealkylation sites (tertiary alicyclic amines) is 1. The number of hydrogen-bond donors (Lipinski definition) is 1. The third-order valence-electron chi connectivity index (χ3n) is 6.48. The zero-order valence-corrected chi connectivity index (χ0v) is 13.9. The molecule has 0 aromatic carbocycles. The summed E-state index contributed by atoms with van der Waals surface area (Å²) >= 11 is 0. The number of rotatable bonds is 4. The van der Waals surface area contributed by atoms with E-state index in [1.165, 1.54) is 11.2 Å². The molecule has 1 saturated heterocycles. The standard InChI is InChI=1S/C19H20N2O4/c1-9(17(22)20-8-10-3-2-6-25-10)21-18(23)15-11-4-5-12(14-7-13(11)14)16(15)19(21)24/h2-6,9,11-16H,7-8H2,1H3,(H,20,22)/t9-,11+,12+,13+,14+,15-,16-/m1/s1. The van der Waals surface area contributed by atoms with E-state index < -0.39 is 6.04 Å². The molecule has 3 fully saturated rings. The van der Waals surface area contributed by atoms with Crippen LogP contribution in [0, 0.1) is 35.5 Å². The molecule has 0 spiro atoms. The van der Waals surface area contributed by atoms with Gasteiger partial charge in [-0.2, -0.15) is 0 Å². The fourth-order valence-corrected chi connectivity index (χ4v) is 5.21. The lowest BCUT2D eigenvalue weighted by Crippen LogP contribution is -2.48.